The Kier molecular flexibility index (Phi) is 9.00. The smallest absolute Gasteiger partial charge is 0.183 e. The van der Waals surface area contributed by atoms with E-state index in [-0.39, 0.29) is 11.3 Å². The molecule has 158 valence electrons. The van der Waals surface area contributed by atoms with Gasteiger partial charge in [-0.05, 0) is 37.8 Å². The summed E-state index contributed by atoms with van der Waals surface area (Å²) in [6.07, 6.45) is 7.30. The maximum absolute atomic E-state index is 13.6. The number of hydrogen-bond acceptors (Lipinski definition) is 4. The fraction of sp³-hybridized carbons (Fsp3) is 0.727. The lowest BCUT2D eigenvalue weighted by Gasteiger charge is -2.30. The molecule has 4 nitrogen and oxygen atoms in total. The zero-order valence-electron chi connectivity index (χ0n) is 16.7. The van der Waals surface area contributed by atoms with Gasteiger partial charge in [0, 0.05) is 17.4 Å². The van der Waals surface area contributed by atoms with E-state index in [1.54, 1.807) is 6.07 Å². The van der Waals surface area contributed by atoms with Gasteiger partial charge in [0.05, 0.1) is 31.5 Å². The van der Waals surface area contributed by atoms with Crippen molar-refractivity contribution in [1.82, 2.24) is 0 Å². The molecule has 3 rings (SSSR count). The molecule has 2 aliphatic rings. The summed E-state index contributed by atoms with van der Waals surface area (Å²) in [5.41, 5.74) is 0.671. The van der Waals surface area contributed by atoms with Crippen molar-refractivity contribution < 1.29 is 23.3 Å². The molecule has 0 spiro atoms. The number of benzene rings is 1. The molecule has 28 heavy (non-hydrogen) atoms. The Morgan fingerprint density at radius 2 is 1.50 bits per heavy atom. The standard InChI is InChI=1S/C22H32ClFO4/c1-2-3-6-16-12-25-21(26-13-16)8-5-4-7-17-14-27-22(28-15-17)18-9-10-19(23)20(24)11-18/h9-11,16-17,21-22H,2-8,12-15H2,1H3/t16-,17-,21-,22-. The second kappa shape index (κ2) is 11.5. The molecule has 0 aromatic heterocycles. The normalized spacial score (nSPS) is 28.4. The minimum absolute atomic E-state index is 0.0408. The van der Waals surface area contributed by atoms with Gasteiger partial charge in [-0.15, -0.1) is 0 Å². The molecular formula is C22H32ClFO4. The number of halogens is 2. The lowest BCUT2D eigenvalue weighted by atomic mass is 10.0. The zero-order chi connectivity index (χ0) is 19.8. The highest BCUT2D eigenvalue weighted by molar-refractivity contribution is 6.30. The Labute approximate surface area is 172 Å². The van der Waals surface area contributed by atoms with Crippen LogP contribution in [0.4, 0.5) is 4.39 Å². The summed E-state index contributed by atoms with van der Waals surface area (Å²) in [5, 5.41) is 0.111. The minimum Gasteiger partial charge on any atom is -0.352 e. The molecule has 1 aromatic carbocycles. The summed E-state index contributed by atoms with van der Waals surface area (Å²) < 4.78 is 36.8. The first kappa shape index (κ1) is 22.0. The number of unbranched alkanes of at least 4 members (excludes halogenated alkanes) is 2. The lowest BCUT2D eigenvalue weighted by Crippen LogP contribution is -2.32. The molecule has 1 aromatic rings. The van der Waals surface area contributed by atoms with Crippen LogP contribution in [0.1, 0.15) is 63.7 Å². The minimum atomic E-state index is -0.507. The maximum Gasteiger partial charge on any atom is 0.183 e. The highest BCUT2D eigenvalue weighted by Crippen LogP contribution is 2.29. The van der Waals surface area contributed by atoms with Crippen molar-refractivity contribution in [3.63, 3.8) is 0 Å². The molecule has 6 heteroatoms. The fourth-order valence-electron chi connectivity index (χ4n) is 3.71. The van der Waals surface area contributed by atoms with E-state index in [1.165, 1.54) is 31.4 Å². The summed E-state index contributed by atoms with van der Waals surface area (Å²) in [5.74, 6) is 0.493. The zero-order valence-corrected chi connectivity index (χ0v) is 17.5. The van der Waals surface area contributed by atoms with Crippen molar-refractivity contribution in [2.45, 2.75) is 64.4 Å². The lowest BCUT2D eigenvalue weighted by molar-refractivity contribution is -0.208. The first-order valence-electron chi connectivity index (χ1n) is 10.6. The predicted octanol–water partition coefficient (Wildman–Crippen LogP) is 5.88. The molecule has 0 radical (unpaired) electrons. The molecule has 2 heterocycles. The van der Waals surface area contributed by atoms with Crippen molar-refractivity contribution in [2.75, 3.05) is 26.4 Å². The number of ether oxygens (including phenoxy) is 4. The second-order valence-corrected chi connectivity index (χ2v) is 8.33. The van der Waals surface area contributed by atoms with Gasteiger partial charge >= 0.3 is 0 Å². The maximum atomic E-state index is 13.6. The molecule has 0 atom stereocenters. The second-order valence-electron chi connectivity index (χ2n) is 7.93. The van der Waals surface area contributed by atoms with Gasteiger partial charge in [0.15, 0.2) is 12.6 Å². The Morgan fingerprint density at radius 3 is 2.14 bits per heavy atom. The SMILES string of the molecule is CCCC[C@H]1CO[C@H](CCCC[C@H]2CO[C@H](c3ccc(Cl)c(F)c3)OC2)OC1. The molecule has 0 amide bonds. The molecule has 2 saturated heterocycles. The van der Waals surface area contributed by atoms with Crippen LogP contribution in [-0.4, -0.2) is 32.7 Å². The van der Waals surface area contributed by atoms with Crippen LogP contribution in [0, 0.1) is 17.7 Å². The number of hydrogen-bond donors (Lipinski definition) is 0. The van der Waals surface area contributed by atoms with Crippen molar-refractivity contribution in [3.05, 3.63) is 34.6 Å². The molecular weight excluding hydrogens is 383 g/mol. The van der Waals surface area contributed by atoms with Gasteiger partial charge in [0.1, 0.15) is 5.82 Å². The van der Waals surface area contributed by atoms with Crippen molar-refractivity contribution in [3.8, 4) is 0 Å². The molecule has 0 unspecified atom stereocenters. The predicted molar refractivity (Wildman–Crippen MR) is 107 cm³/mol. The van der Waals surface area contributed by atoms with E-state index in [4.69, 9.17) is 30.5 Å². The van der Waals surface area contributed by atoms with Gasteiger partial charge in [0.2, 0.25) is 0 Å². The van der Waals surface area contributed by atoms with Crippen LogP contribution < -0.4 is 0 Å². The molecule has 0 saturated carbocycles. The van der Waals surface area contributed by atoms with E-state index >= 15 is 0 Å². The van der Waals surface area contributed by atoms with Crippen LogP contribution in [0.5, 0.6) is 0 Å². The Hall–Kier alpha value is -0.720. The third kappa shape index (κ3) is 6.67. The van der Waals surface area contributed by atoms with Crippen molar-refractivity contribution >= 4 is 11.6 Å². The van der Waals surface area contributed by atoms with Gasteiger partial charge in [-0.2, -0.15) is 0 Å². The van der Waals surface area contributed by atoms with E-state index in [9.17, 15) is 4.39 Å². The average Bonchev–Trinajstić information content (AvgIpc) is 2.73. The molecule has 2 fully saturated rings. The van der Waals surface area contributed by atoms with Crippen LogP contribution in [0.25, 0.3) is 0 Å². The quantitative estimate of drug-likeness (QED) is 0.473. The summed E-state index contributed by atoms with van der Waals surface area (Å²) in [6, 6.07) is 4.66. The summed E-state index contributed by atoms with van der Waals surface area (Å²) in [4.78, 5) is 0. The third-order valence-corrected chi connectivity index (χ3v) is 5.79. The summed E-state index contributed by atoms with van der Waals surface area (Å²) in [7, 11) is 0. The first-order chi connectivity index (χ1) is 13.7. The monoisotopic (exact) mass is 414 g/mol. The largest absolute Gasteiger partial charge is 0.352 e. The van der Waals surface area contributed by atoms with E-state index in [1.807, 2.05) is 0 Å². The fourth-order valence-corrected chi connectivity index (χ4v) is 3.83. The Bertz CT molecular complexity index is 584. The van der Waals surface area contributed by atoms with Crippen molar-refractivity contribution in [1.29, 1.82) is 0 Å². The van der Waals surface area contributed by atoms with Crippen LogP contribution in [0.3, 0.4) is 0 Å². The van der Waals surface area contributed by atoms with Gasteiger partial charge < -0.3 is 18.9 Å². The highest BCUT2D eigenvalue weighted by Gasteiger charge is 2.25. The molecule has 0 bridgehead atoms. The van der Waals surface area contributed by atoms with E-state index in [2.05, 4.69) is 6.92 Å². The Morgan fingerprint density at radius 1 is 0.893 bits per heavy atom. The van der Waals surface area contributed by atoms with Gasteiger partial charge in [-0.1, -0.05) is 43.9 Å². The van der Waals surface area contributed by atoms with Gasteiger partial charge in [0.25, 0.3) is 0 Å². The third-order valence-electron chi connectivity index (χ3n) is 5.49. The van der Waals surface area contributed by atoms with Crippen LogP contribution in [-0.2, 0) is 18.9 Å². The topological polar surface area (TPSA) is 36.9 Å². The van der Waals surface area contributed by atoms with E-state index < -0.39 is 12.1 Å². The van der Waals surface area contributed by atoms with Crippen molar-refractivity contribution in [2.24, 2.45) is 11.8 Å². The molecule has 0 aliphatic carbocycles. The van der Waals surface area contributed by atoms with Gasteiger partial charge in [-0.25, -0.2) is 4.39 Å². The average molecular weight is 415 g/mol. The Balaban J connectivity index is 1.26. The first-order valence-corrected chi connectivity index (χ1v) is 10.9. The van der Waals surface area contributed by atoms with Gasteiger partial charge in [-0.3, -0.25) is 0 Å². The van der Waals surface area contributed by atoms with Crippen LogP contribution in [0.2, 0.25) is 5.02 Å². The van der Waals surface area contributed by atoms with E-state index in [0.717, 1.165) is 38.9 Å². The highest BCUT2D eigenvalue weighted by atomic mass is 35.5. The number of rotatable bonds is 9. The summed E-state index contributed by atoms with van der Waals surface area (Å²) in [6.45, 7) is 5.14. The molecule has 0 N–H and O–H groups in total. The van der Waals surface area contributed by atoms with Crippen LogP contribution >= 0.6 is 11.6 Å². The van der Waals surface area contributed by atoms with Crippen LogP contribution in [0.15, 0.2) is 18.2 Å². The summed E-state index contributed by atoms with van der Waals surface area (Å²) >= 11 is 5.72. The molecule has 2 aliphatic heterocycles. The van der Waals surface area contributed by atoms with E-state index in [0.29, 0.717) is 30.6 Å².